The molecule has 0 fully saturated rings. The molecule has 178 valence electrons. The number of ketones is 1. The molecule has 0 saturated heterocycles. The average Bonchev–Trinajstić information content (AvgIpc) is 2.84. The number of Topliss-reactive ketones (excluding diaryl/α,β-unsaturated/α-hetero) is 1. The Morgan fingerprint density at radius 2 is 1.44 bits per heavy atom. The minimum absolute atomic E-state index is 0.0716. The lowest BCUT2D eigenvalue weighted by Gasteiger charge is -2.13. The molecule has 0 bridgehead atoms. The van der Waals surface area contributed by atoms with Crippen molar-refractivity contribution in [1.29, 1.82) is 0 Å². The van der Waals surface area contributed by atoms with Crippen LogP contribution in [-0.4, -0.2) is 37.2 Å². The quantitative estimate of drug-likeness (QED) is 0.225. The molecule has 0 atom stereocenters. The van der Waals surface area contributed by atoms with E-state index in [-0.39, 0.29) is 11.5 Å². The molecule has 0 saturated carbocycles. The third-order valence-corrected chi connectivity index (χ3v) is 5.09. The zero-order chi connectivity index (χ0) is 24.5. The average molecular weight is 465 g/mol. The maximum atomic E-state index is 11.6. The van der Waals surface area contributed by atoms with Crippen LogP contribution in [0.2, 0.25) is 0 Å². The number of benzene rings is 3. The highest BCUT2D eigenvalue weighted by Crippen LogP contribution is 2.29. The number of rotatable bonds is 11. The maximum absolute atomic E-state index is 11.6. The molecule has 0 aliphatic heterocycles. The third kappa shape index (κ3) is 6.51. The van der Waals surface area contributed by atoms with E-state index in [1.54, 1.807) is 42.5 Å². The number of carbonyl (C=O) groups excluding carboxylic acids is 2. The number of aryl methyl sites for hydroxylation is 1. The van der Waals surface area contributed by atoms with Gasteiger partial charge in [0.15, 0.2) is 5.78 Å². The lowest BCUT2D eigenvalue weighted by atomic mass is 10.0. The standard InChI is InChI=1S/C27H28O7/c1-4-19-16-24(18(2)28)25(29)17-26(19)33-15-5-14-32-21-10-12-23(13-11-21)34-22-8-6-20(7-9-22)27(30)31-3/h6-13,16-17,29H,4-5,14-15H2,1-3H3. The molecule has 0 amide bonds. The highest BCUT2D eigenvalue weighted by Gasteiger charge is 2.12. The third-order valence-electron chi connectivity index (χ3n) is 5.09. The lowest BCUT2D eigenvalue weighted by Crippen LogP contribution is -2.07. The smallest absolute Gasteiger partial charge is 0.337 e. The summed E-state index contributed by atoms with van der Waals surface area (Å²) >= 11 is 0. The van der Waals surface area contributed by atoms with E-state index in [1.165, 1.54) is 20.1 Å². The Hall–Kier alpha value is -4.00. The fraction of sp³-hybridized carbons (Fsp3) is 0.259. The van der Waals surface area contributed by atoms with Gasteiger partial charge < -0.3 is 24.1 Å². The summed E-state index contributed by atoms with van der Waals surface area (Å²) in [5.74, 6) is 1.87. The summed E-state index contributed by atoms with van der Waals surface area (Å²) in [6.45, 7) is 4.26. The topological polar surface area (TPSA) is 91.3 Å². The summed E-state index contributed by atoms with van der Waals surface area (Å²) in [5, 5.41) is 10.0. The monoisotopic (exact) mass is 464 g/mol. The Morgan fingerprint density at radius 3 is 2.03 bits per heavy atom. The predicted octanol–water partition coefficient (Wildman–Crippen LogP) is 5.58. The van der Waals surface area contributed by atoms with Crippen molar-refractivity contribution in [3.63, 3.8) is 0 Å². The zero-order valence-electron chi connectivity index (χ0n) is 19.5. The van der Waals surface area contributed by atoms with Crippen molar-refractivity contribution in [2.45, 2.75) is 26.7 Å². The molecular formula is C27H28O7. The molecule has 1 N–H and O–H groups in total. The molecule has 0 unspecified atom stereocenters. The van der Waals surface area contributed by atoms with Gasteiger partial charge >= 0.3 is 5.97 Å². The number of esters is 1. The van der Waals surface area contributed by atoms with Crippen LogP contribution >= 0.6 is 0 Å². The van der Waals surface area contributed by atoms with Gasteiger partial charge in [0, 0.05) is 12.5 Å². The molecule has 0 aromatic heterocycles. The second-order valence-electron chi connectivity index (χ2n) is 7.53. The largest absolute Gasteiger partial charge is 0.507 e. The van der Waals surface area contributed by atoms with Gasteiger partial charge in [-0.25, -0.2) is 4.79 Å². The second-order valence-corrected chi connectivity index (χ2v) is 7.53. The zero-order valence-corrected chi connectivity index (χ0v) is 19.5. The molecule has 3 rings (SSSR count). The summed E-state index contributed by atoms with van der Waals surface area (Å²) in [6, 6.07) is 17.1. The van der Waals surface area contributed by atoms with Crippen molar-refractivity contribution in [3.05, 3.63) is 77.4 Å². The number of hydrogen-bond donors (Lipinski definition) is 1. The lowest BCUT2D eigenvalue weighted by molar-refractivity contribution is 0.0600. The fourth-order valence-corrected chi connectivity index (χ4v) is 3.25. The molecule has 0 aliphatic carbocycles. The van der Waals surface area contributed by atoms with E-state index < -0.39 is 5.97 Å². The Balaban J connectivity index is 1.45. The van der Waals surface area contributed by atoms with Crippen LogP contribution in [0.5, 0.6) is 28.7 Å². The van der Waals surface area contributed by atoms with E-state index >= 15 is 0 Å². The van der Waals surface area contributed by atoms with E-state index in [1.807, 2.05) is 19.1 Å². The first-order valence-corrected chi connectivity index (χ1v) is 11.0. The summed E-state index contributed by atoms with van der Waals surface area (Å²) < 4.78 is 22.0. The number of phenolic OH excluding ortho intramolecular Hbond substituents is 1. The van der Waals surface area contributed by atoms with Crippen LogP contribution < -0.4 is 14.2 Å². The molecule has 7 heteroatoms. The van der Waals surface area contributed by atoms with Crippen LogP contribution in [0.3, 0.4) is 0 Å². The first kappa shape index (κ1) is 24.6. The van der Waals surface area contributed by atoms with Crippen LogP contribution in [0.25, 0.3) is 0 Å². The second kappa shape index (κ2) is 11.7. The number of carbonyl (C=O) groups is 2. The number of methoxy groups -OCH3 is 1. The highest BCUT2D eigenvalue weighted by molar-refractivity contribution is 5.97. The van der Waals surface area contributed by atoms with Gasteiger partial charge in [0.1, 0.15) is 28.7 Å². The van der Waals surface area contributed by atoms with Crippen molar-refractivity contribution in [2.75, 3.05) is 20.3 Å². The van der Waals surface area contributed by atoms with Gasteiger partial charge in [-0.1, -0.05) is 6.92 Å². The summed E-state index contributed by atoms with van der Waals surface area (Å²) in [5.41, 5.74) is 1.64. The molecule has 0 radical (unpaired) electrons. The Labute approximate surface area is 198 Å². The van der Waals surface area contributed by atoms with Crippen molar-refractivity contribution in [1.82, 2.24) is 0 Å². The van der Waals surface area contributed by atoms with Crippen molar-refractivity contribution < 1.29 is 33.6 Å². The molecule has 0 spiro atoms. The van der Waals surface area contributed by atoms with E-state index in [4.69, 9.17) is 14.2 Å². The van der Waals surface area contributed by atoms with Gasteiger partial charge in [0.05, 0.1) is 31.5 Å². The molecule has 7 nitrogen and oxygen atoms in total. The number of ether oxygens (including phenoxy) is 4. The number of hydrogen-bond acceptors (Lipinski definition) is 7. The highest BCUT2D eigenvalue weighted by atomic mass is 16.5. The van der Waals surface area contributed by atoms with Gasteiger partial charge in [-0.05, 0) is 73.5 Å². The van der Waals surface area contributed by atoms with Gasteiger partial charge in [0.2, 0.25) is 0 Å². The summed E-state index contributed by atoms with van der Waals surface area (Å²) in [7, 11) is 1.34. The van der Waals surface area contributed by atoms with Crippen molar-refractivity contribution >= 4 is 11.8 Å². The molecule has 3 aromatic rings. The SMILES string of the molecule is CCc1cc(C(C)=O)c(O)cc1OCCCOc1ccc(Oc2ccc(C(=O)OC)cc2)cc1. The van der Waals surface area contributed by atoms with Gasteiger partial charge in [-0.2, -0.15) is 0 Å². The number of phenols is 1. The van der Waals surface area contributed by atoms with Crippen LogP contribution in [0, 0.1) is 0 Å². The van der Waals surface area contributed by atoms with E-state index in [0.29, 0.717) is 60.2 Å². The first-order valence-electron chi connectivity index (χ1n) is 11.0. The number of aromatic hydroxyl groups is 1. The van der Waals surface area contributed by atoms with E-state index in [2.05, 4.69) is 4.74 Å². The van der Waals surface area contributed by atoms with E-state index in [0.717, 1.165) is 5.56 Å². The van der Waals surface area contributed by atoms with Crippen LogP contribution in [0.1, 0.15) is 46.5 Å². The minimum Gasteiger partial charge on any atom is -0.507 e. The summed E-state index contributed by atoms with van der Waals surface area (Å²) in [6.07, 6.45) is 1.33. The van der Waals surface area contributed by atoms with E-state index in [9.17, 15) is 14.7 Å². The van der Waals surface area contributed by atoms with Crippen molar-refractivity contribution in [2.24, 2.45) is 0 Å². The molecule has 0 heterocycles. The summed E-state index contributed by atoms with van der Waals surface area (Å²) in [4.78, 5) is 23.1. The molecule has 34 heavy (non-hydrogen) atoms. The van der Waals surface area contributed by atoms with Gasteiger partial charge in [-0.15, -0.1) is 0 Å². The molecular weight excluding hydrogens is 436 g/mol. The van der Waals surface area contributed by atoms with Crippen LogP contribution in [0.15, 0.2) is 60.7 Å². The van der Waals surface area contributed by atoms with Crippen molar-refractivity contribution in [3.8, 4) is 28.7 Å². The van der Waals surface area contributed by atoms with Gasteiger partial charge in [0.25, 0.3) is 0 Å². The van der Waals surface area contributed by atoms with Crippen LogP contribution in [-0.2, 0) is 11.2 Å². The predicted molar refractivity (Wildman–Crippen MR) is 127 cm³/mol. The first-order chi connectivity index (χ1) is 16.4. The Bertz CT molecular complexity index is 1120. The minimum atomic E-state index is -0.395. The van der Waals surface area contributed by atoms with Crippen LogP contribution in [0.4, 0.5) is 0 Å². The molecule has 0 aliphatic rings. The fourth-order valence-electron chi connectivity index (χ4n) is 3.25. The Kier molecular flexibility index (Phi) is 8.51. The Morgan fingerprint density at radius 1 is 0.853 bits per heavy atom. The maximum Gasteiger partial charge on any atom is 0.337 e. The normalized spacial score (nSPS) is 10.4. The molecule has 3 aromatic carbocycles. The van der Waals surface area contributed by atoms with Gasteiger partial charge in [-0.3, -0.25) is 4.79 Å².